The normalized spacial score (nSPS) is 11.8. The second kappa shape index (κ2) is 3.21. The molecule has 0 saturated carbocycles. The van der Waals surface area contributed by atoms with Crippen molar-refractivity contribution in [2.45, 2.75) is 13.1 Å². The molecule has 0 fully saturated rings. The van der Waals surface area contributed by atoms with E-state index in [0.717, 1.165) is 6.07 Å². The number of aromatic hydroxyl groups is 1. The molecule has 0 aromatic heterocycles. The van der Waals surface area contributed by atoms with Gasteiger partial charge in [-0.2, -0.15) is 13.2 Å². The summed E-state index contributed by atoms with van der Waals surface area (Å²) in [6, 6.07) is 2.32. The molecule has 72 valence electrons. The fraction of sp³-hybridized carbons (Fsp3) is 0.250. The maximum atomic E-state index is 12.2. The highest BCUT2D eigenvalue weighted by molar-refractivity contribution is 9.10. The first-order valence-electron chi connectivity index (χ1n) is 3.38. The summed E-state index contributed by atoms with van der Waals surface area (Å²) >= 11 is 2.84. The van der Waals surface area contributed by atoms with Crippen molar-refractivity contribution < 1.29 is 18.3 Å². The van der Waals surface area contributed by atoms with E-state index in [4.69, 9.17) is 5.11 Å². The molecule has 0 spiro atoms. The molecule has 0 unspecified atom stereocenters. The molecule has 0 amide bonds. The Morgan fingerprint density at radius 2 is 1.85 bits per heavy atom. The van der Waals surface area contributed by atoms with E-state index in [1.165, 1.54) is 13.0 Å². The maximum Gasteiger partial charge on any atom is 0.420 e. The maximum absolute atomic E-state index is 12.2. The Kier molecular flexibility index (Phi) is 2.56. The van der Waals surface area contributed by atoms with Gasteiger partial charge < -0.3 is 5.11 Å². The van der Waals surface area contributed by atoms with Crippen LogP contribution < -0.4 is 0 Å². The molecule has 0 atom stereocenters. The number of halogens is 4. The van der Waals surface area contributed by atoms with Gasteiger partial charge in [0.2, 0.25) is 0 Å². The Balaban J connectivity index is 3.37. The van der Waals surface area contributed by atoms with Gasteiger partial charge in [0.25, 0.3) is 0 Å². The van der Waals surface area contributed by atoms with Crippen LogP contribution in [0.5, 0.6) is 5.75 Å². The predicted octanol–water partition coefficient (Wildman–Crippen LogP) is 3.48. The second-order valence-electron chi connectivity index (χ2n) is 2.64. The fourth-order valence-corrected chi connectivity index (χ4v) is 1.53. The zero-order valence-electron chi connectivity index (χ0n) is 6.61. The number of hydrogen-bond acceptors (Lipinski definition) is 1. The molecule has 0 heterocycles. The number of benzene rings is 1. The summed E-state index contributed by atoms with van der Waals surface area (Å²) in [5.41, 5.74) is -0.573. The molecule has 1 nitrogen and oxygen atoms in total. The van der Waals surface area contributed by atoms with Gasteiger partial charge in [0.05, 0.1) is 10.0 Å². The first-order valence-corrected chi connectivity index (χ1v) is 4.18. The van der Waals surface area contributed by atoms with E-state index >= 15 is 0 Å². The van der Waals surface area contributed by atoms with Gasteiger partial charge in [-0.3, -0.25) is 0 Å². The Morgan fingerprint density at radius 1 is 1.31 bits per heavy atom. The highest BCUT2D eigenvalue weighted by Crippen LogP contribution is 2.40. The van der Waals surface area contributed by atoms with Crippen molar-refractivity contribution in [3.63, 3.8) is 0 Å². The van der Waals surface area contributed by atoms with E-state index in [2.05, 4.69) is 15.9 Å². The topological polar surface area (TPSA) is 20.2 Å². The third-order valence-corrected chi connectivity index (χ3v) is 2.12. The standard InChI is InChI=1S/C8H6BrF3O/c1-4-2-5(8(10,11)12)7(13)6(9)3-4/h2-3,13H,1H3. The van der Waals surface area contributed by atoms with Crippen LogP contribution in [-0.4, -0.2) is 5.11 Å². The minimum Gasteiger partial charge on any atom is -0.506 e. The third kappa shape index (κ3) is 2.15. The first kappa shape index (κ1) is 10.4. The van der Waals surface area contributed by atoms with E-state index < -0.39 is 17.5 Å². The lowest BCUT2D eigenvalue weighted by molar-refractivity contribution is -0.138. The van der Waals surface area contributed by atoms with Crippen molar-refractivity contribution in [2.75, 3.05) is 0 Å². The quantitative estimate of drug-likeness (QED) is 0.752. The third-order valence-electron chi connectivity index (χ3n) is 1.51. The van der Waals surface area contributed by atoms with E-state index in [1.54, 1.807) is 0 Å². The van der Waals surface area contributed by atoms with Crippen molar-refractivity contribution >= 4 is 15.9 Å². The number of alkyl halides is 3. The van der Waals surface area contributed by atoms with Crippen LogP contribution in [0.1, 0.15) is 11.1 Å². The Morgan fingerprint density at radius 3 is 2.31 bits per heavy atom. The monoisotopic (exact) mass is 254 g/mol. The number of phenols is 1. The molecular weight excluding hydrogens is 249 g/mol. The molecule has 0 bridgehead atoms. The molecular formula is C8H6BrF3O. The average molecular weight is 255 g/mol. The van der Waals surface area contributed by atoms with Crippen LogP contribution in [0, 0.1) is 6.92 Å². The molecule has 1 rings (SSSR count). The molecule has 1 aromatic carbocycles. The lowest BCUT2D eigenvalue weighted by atomic mass is 10.1. The molecule has 5 heteroatoms. The van der Waals surface area contributed by atoms with Crippen LogP contribution in [0.25, 0.3) is 0 Å². The van der Waals surface area contributed by atoms with Gasteiger partial charge in [-0.25, -0.2) is 0 Å². The van der Waals surface area contributed by atoms with Crippen LogP contribution in [-0.2, 0) is 6.18 Å². The van der Waals surface area contributed by atoms with Crippen molar-refractivity contribution in [1.29, 1.82) is 0 Å². The molecule has 0 radical (unpaired) electrons. The first-order chi connectivity index (χ1) is 5.82. The molecule has 1 aromatic rings. The lowest BCUT2D eigenvalue weighted by Gasteiger charge is -2.10. The Labute approximate surface area is 81.3 Å². The largest absolute Gasteiger partial charge is 0.506 e. The lowest BCUT2D eigenvalue weighted by Crippen LogP contribution is -2.05. The highest BCUT2D eigenvalue weighted by Gasteiger charge is 2.34. The number of rotatable bonds is 0. The number of aryl methyl sites for hydroxylation is 1. The second-order valence-corrected chi connectivity index (χ2v) is 3.50. The van der Waals surface area contributed by atoms with Crippen molar-refractivity contribution in [3.05, 3.63) is 27.7 Å². The molecule has 0 saturated heterocycles. The molecule has 0 aliphatic heterocycles. The average Bonchev–Trinajstić information content (AvgIpc) is 1.94. The summed E-state index contributed by atoms with van der Waals surface area (Å²) in [6.07, 6.45) is -4.52. The summed E-state index contributed by atoms with van der Waals surface area (Å²) in [6.45, 7) is 1.53. The van der Waals surface area contributed by atoms with Gasteiger partial charge in [-0.1, -0.05) is 0 Å². The number of hydrogen-bond donors (Lipinski definition) is 1. The van der Waals surface area contributed by atoms with Crippen LogP contribution in [0.4, 0.5) is 13.2 Å². The summed E-state index contributed by atoms with van der Waals surface area (Å²) in [5.74, 6) is -0.766. The van der Waals surface area contributed by atoms with Crippen LogP contribution >= 0.6 is 15.9 Å². The molecule has 13 heavy (non-hydrogen) atoms. The smallest absolute Gasteiger partial charge is 0.420 e. The minimum absolute atomic E-state index is 0.0554. The van der Waals surface area contributed by atoms with E-state index in [9.17, 15) is 13.2 Å². The number of phenolic OH excluding ortho intramolecular Hbond substituents is 1. The van der Waals surface area contributed by atoms with Gasteiger partial charge in [-0.15, -0.1) is 0 Å². The van der Waals surface area contributed by atoms with Crippen molar-refractivity contribution in [1.82, 2.24) is 0 Å². The van der Waals surface area contributed by atoms with E-state index in [0.29, 0.717) is 5.56 Å². The molecule has 0 aliphatic rings. The predicted molar refractivity (Wildman–Crippen MR) is 45.5 cm³/mol. The van der Waals surface area contributed by atoms with Gasteiger partial charge in [0, 0.05) is 0 Å². The summed E-state index contributed by atoms with van der Waals surface area (Å²) in [7, 11) is 0. The zero-order chi connectivity index (χ0) is 10.2. The van der Waals surface area contributed by atoms with Crippen molar-refractivity contribution in [2.24, 2.45) is 0 Å². The fourth-order valence-electron chi connectivity index (χ4n) is 0.951. The van der Waals surface area contributed by atoms with E-state index in [-0.39, 0.29) is 4.47 Å². The van der Waals surface area contributed by atoms with E-state index in [1.807, 2.05) is 0 Å². The summed E-state index contributed by atoms with van der Waals surface area (Å²) < 4.78 is 36.7. The van der Waals surface area contributed by atoms with Crippen molar-refractivity contribution in [3.8, 4) is 5.75 Å². The van der Waals surface area contributed by atoms with Crippen LogP contribution in [0.2, 0.25) is 0 Å². The van der Waals surface area contributed by atoms with Crippen LogP contribution in [0.15, 0.2) is 16.6 Å². The minimum atomic E-state index is -4.52. The van der Waals surface area contributed by atoms with Gasteiger partial charge in [0.1, 0.15) is 5.75 Å². The summed E-state index contributed by atoms with van der Waals surface area (Å²) in [4.78, 5) is 0. The Hall–Kier alpha value is -0.710. The molecule has 0 aliphatic carbocycles. The molecule has 1 N–H and O–H groups in total. The zero-order valence-corrected chi connectivity index (χ0v) is 8.20. The van der Waals surface area contributed by atoms with Gasteiger partial charge >= 0.3 is 6.18 Å². The SMILES string of the molecule is Cc1cc(Br)c(O)c(C(F)(F)F)c1. The highest BCUT2D eigenvalue weighted by atomic mass is 79.9. The summed E-state index contributed by atoms with van der Waals surface area (Å²) in [5, 5.41) is 9.09. The van der Waals surface area contributed by atoms with Gasteiger partial charge in [-0.05, 0) is 40.5 Å². The van der Waals surface area contributed by atoms with Crippen LogP contribution in [0.3, 0.4) is 0 Å². The van der Waals surface area contributed by atoms with Gasteiger partial charge in [0.15, 0.2) is 0 Å². The Bertz CT molecular complexity index is 333.